The van der Waals surface area contributed by atoms with Crippen molar-refractivity contribution in [2.45, 2.75) is 25.3 Å². The van der Waals surface area contributed by atoms with E-state index in [0.717, 1.165) is 17.1 Å². The third-order valence-corrected chi connectivity index (χ3v) is 5.94. The second kappa shape index (κ2) is 7.08. The molecule has 2 saturated heterocycles. The summed E-state index contributed by atoms with van der Waals surface area (Å²) < 4.78 is 35.1. The van der Waals surface area contributed by atoms with Crippen LogP contribution in [0, 0.1) is 5.41 Å². The van der Waals surface area contributed by atoms with Gasteiger partial charge in [-0.05, 0) is 36.2 Å². The van der Waals surface area contributed by atoms with Crippen LogP contribution in [0.2, 0.25) is 0 Å². The van der Waals surface area contributed by atoms with Gasteiger partial charge in [0.25, 0.3) is 5.92 Å². The summed E-state index contributed by atoms with van der Waals surface area (Å²) >= 11 is 0. The first kappa shape index (κ1) is 18.2. The first-order valence-electron chi connectivity index (χ1n) is 9.40. The lowest BCUT2D eigenvalue weighted by molar-refractivity contribution is -0.158. The highest BCUT2D eigenvalue weighted by molar-refractivity contribution is 5.40. The number of pyridine rings is 1. The molecule has 2 aromatic rings. The molecule has 2 aliphatic heterocycles. The maximum atomic E-state index is 15.0. The summed E-state index contributed by atoms with van der Waals surface area (Å²) in [6.07, 6.45) is 2.13. The van der Waals surface area contributed by atoms with Crippen molar-refractivity contribution < 1.29 is 13.5 Å². The zero-order chi connectivity index (χ0) is 18.9. The molecule has 1 aromatic carbocycles. The third-order valence-electron chi connectivity index (χ3n) is 5.94. The number of alkyl halides is 2. The molecule has 4 nitrogen and oxygen atoms in total. The Morgan fingerprint density at radius 3 is 2.56 bits per heavy atom. The molecule has 2 aliphatic rings. The monoisotopic (exact) mass is 373 g/mol. The van der Waals surface area contributed by atoms with Gasteiger partial charge in [0, 0.05) is 45.3 Å². The van der Waals surface area contributed by atoms with Crippen molar-refractivity contribution in [3.8, 4) is 5.75 Å². The number of benzene rings is 1. The zero-order valence-corrected chi connectivity index (χ0v) is 15.6. The van der Waals surface area contributed by atoms with Gasteiger partial charge in [-0.1, -0.05) is 18.2 Å². The molecule has 0 amide bonds. The van der Waals surface area contributed by atoms with Crippen LogP contribution in [0.25, 0.3) is 0 Å². The molecule has 1 atom stereocenters. The molecule has 1 aromatic heterocycles. The number of anilines is 1. The van der Waals surface area contributed by atoms with E-state index in [1.54, 1.807) is 13.3 Å². The van der Waals surface area contributed by atoms with E-state index in [1.165, 1.54) is 0 Å². The number of hydrogen-bond donors (Lipinski definition) is 0. The summed E-state index contributed by atoms with van der Waals surface area (Å²) in [7, 11) is 1.64. The Morgan fingerprint density at radius 1 is 1.04 bits per heavy atom. The Bertz CT molecular complexity index is 769. The molecule has 144 valence electrons. The number of hydrogen-bond acceptors (Lipinski definition) is 4. The Kier molecular flexibility index (Phi) is 4.76. The van der Waals surface area contributed by atoms with Crippen LogP contribution in [0.1, 0.15) is 18.4 Å². The van der Waals surface area contributed by atoms with Crippen molar-refractivity contribution in [2.75, 3.05) is 38.2 Å². The molecule has 4 rings (SSSR count). The van der Waals surface area contributed by atoms with Crippen LogP contribution < -0.4 is 9.64 Å². The van der Waals surface area contributed by atoms with Crippen LogP contribution in [-0.4, -0.2) is 49.1 Å². The number of rotatable bonds is 4. The number of halogens is 2. The normalized spacial score (nSPS) is 25.1. The van der Waals surface area contributed by atoms with Gasteiger partial charge < -0.3 is 9.64 Å². The smallest absolute Gasteiger partial charge is 0.257 e. The number of nitrogens with zero attached hydrogens (tertiary/aromatic N) is 3. The van der Waals surface area contributed by atoms with Crippen LogP contribution >= 0.6 is 0 Å². The van der Waals surface area contributed by atoms with Gasteiger partial charge in [0.2, 0.25) is 0 Å². The highest BCUT2D eigenvalue weighted by atomic mass is 19.3. The first-order chi connectivity index (χ1) is 13.0. The number of likely N-dealkylation sites (tertiary alicyclic amines) is 1. The predicted octanol–water partition coefficient (Wildman–Crippen LogP) is 3.83. The summed E-state index contributed by atoms with van der Waals surface area (Å²) in [4.78, 5) is 8.52. The number of ether oxygens (including phenoxy) is 1. The summed E-state index contributed by atoms with van der Waals surface area (Å²) in [5, 5.41) is 0. The standard InChI is InChI=1S/C21H25F2N3O/c1-27-18-7-5-17(6-8-18)14-25-12-10-21(22,23)20(15-25)9-13-26(16-20)19-4-2-3-11-24-19/h2-8,11H,9-10,12-16H2,1H3/t20-/m1/s1. The molecule has 1 spiro atoms. The van der Waals surface area contributed by atoms with Crippen molar-refractivity contribution in [1.82, 2.24) is 9.88 Å². The van der Waals surface area contributed by atoms with E-state index in [4.69, 9.17) is 4.74 Å². The van der Waals surface area contributed by atoms with Gasteiger partial charge in [0.1, 0.15) is 11.6 Å². The number of aromatic nitrogens is 1. The van der Waals surface area contributed by atoms with E-state index in [2.05, 4.69) is 9.88 Å². The largest absolute Gasteiger partial charge is 0.497 e. The molecule has 0 N–H and O–H groups in total. The summed E-state index contributed by atoms with van der Waals surface area (Å²) in [5.74, 6) is -1.05. The Balaban J connectivity index is 1.49. The highest BCUT2D eigenvalue weighted by Crippen LogP contribution is 2.50. The lowest BCUT2D eigenvalue weighted by atomic mass is 9.75. The van der Waals surface area contributed by atoms with Crippen molar-refractivity contribution in [3.63, 3.8) is 0 Å². The minimum Gasteiger partial charge on any atom is -0.497 e. The number of methoxy groups -OCH3 is 1. The van der Waals surface area contributed by atoms with Crippen molar-refractivity contribution in [3.05, 3.63) is 54.2 Å². The van der Waals surface area contributed by atoms with Crippen LogP contribution in [0.3, 0.4) is 0 Å². The Hall–Kier alpha value is -2.21. The summed E-state index contributed by atoms with van der Waals surface area (Å²) in [6.45, 7) is 2.50. The summed E-state index contributed by atoms with van der Waals surface area (Å²) in [6, 6.07) is 13.5. The molecule has 0 unspecified atom stereocenters. The average molecular weight is 373 g/mol. The Morgan fingerprint density at radius 2 is 1.85 bits per heavy atom. The fraction of sp³-hybridized carbons (Fsp3) is 0.476. The van der Waals surface area contributed by atoms with Gasteiger partial charge in [-0.25, -0.2) is 13.8 Å². The molecular formula is C21H25F2N3O. The van der Waals surface area contributed by atoms with Gasteiger partial charge in [-0.15, -0.1) is 0 Å². The van der Waals surface area contributed by atoms with Crippen LogP contribution in [-0.2, 0) is 6.54 Å². The van der Waals surface area contributed by atoms with Gasteiger partial charge in [0.05, 0.1) is 12.5 Å². The van der Waals surface area contributed by atoms with E-state index in [1.807, 2.05) is 47.4 Å². The number of piperidine rings is 1. The third kappa shape index (κ3) is 3.50. The van der Waals surface area contributed by atoms with Crippen LogP contribution in [0.4, 0.5) is 14.6 Å². The highest BCUT2D eigenvalue weighted by Gasteiger charge is 2.59. The minimum atomic E-state index is -2.65. The summed E-state index contributed by atoms with van der Waals surface area (Å²) in [5.41, 5.74) is 0.116. The SMILES string of the molecule is COc1ccc(CN2CCC(F)(F)[C@]3(CCN(c4ccccn4)C3)C2)cc1. The van der Waals surface area contributed by atoms with E-state index in [0.29, 0.717) is 39.1 Å². The Labute approximate surface area is 158 Å². The lowest BCUT2D eigenvalue weighted by Gasteiger charge is -2.46. The van der Waals surface area contributed by atoms with Gasteiger partial charge in [0.15, 0.2) is 0 Å². The molecule has 3 heterocycles. The molecule has 2 fully saturated rings. The zero-order valence-electron chi connectivity index (χ0n) is 15.6. The quantitative estimate of drug-likeness (QED) is 0.815. The van der Waals surface area contributed by atoms with Crippen molar-refractivity contribution in [1.29, 1.82) is 0 Å². The van der Waals surface area contributed by atoms with Crippen LogP contribution in [0.15, 0.2) is 48.7 Å². The van der Waals surface area contributed by atoms with Crippen molar-refractivity contribution in [2.24, 2.45) is 5.41 Å². The van der Waals surface area contributed by atoms with Gasteiger partial charge in [-0.3, -0.25) is 4.90 Å². The molecule has 0 saturated carbocycles. The molecule has 0 bridgehead atoms. The predicted molar refractivity (Wildman–Crippen MR) is 101 cm³/mol. The van der Waals surface area contributed by atoms with Gasteiger partial charge in [-0.2, -0.15) is 0 Å². The molecule has 6 heteroatoms. The van der Waals surface area contributed by atoms with Gasteiger partial charge >= 0.3 is 0 Å². The molecule has 0 aliphatic carbocycles. The average Bonchev–Trinajstić information content (AvgIpc) is 3.12. The van der Waals surface area contributed by atoms with E-state index in [-0.39, 0.29) is 6.42 Å². The fourth-order valence-corrected chi connectivity index (χ4v) is 4.35. The topological polar surface area (TPSA) is 28.6 Å². The van der Waals surface area contributed by atoms with Crippen LogP contribution in [0.5, 0.6) is 5.75 Å². The second-order valence-electron chi connectivity index (χ2n) is 7.65. The molecular weight excluding hydrogens is 348 g/mol. The maximum Gasteiger partial charge on any atom is 0.257 e. The molecule has 0 radical (unpaired) electrons. The van der Waals surface area contributed by atoms with Crippen molar-refractivity contribution >= 4 is 5.82 Å². The first-order valence-corrected chi connectivity index (χ1v) is 9.40. The maximum absolute atomic E-state index is 15.0. The second-order valence-corrected chi connectivity index (χ2v) is 7.65. The van der Waals surface area contributed by atoms with E-state index >= 15 is 0 Å². The lowest BCUT2D eigenvalue weighted by Crippen LogP contribution is -2.56. The minimum absolute atomic E-state index is 0.0841. The molecule has 27 heavy (non-hydrogen) atoms. The fourth-order valence-electron chi connectivity index (χ4n) is 4.35. The van der Waals surface area contributed by atoms with E-state index < -0.39 is 11.3 Å². The van der Waals surface area contributed by atoms with E-state index in [9.17, 15) is 8.78 Å².